The maximum Gasteiger partial charge on any atom is 0.341 e. The minimum atomic E-state index is -3.83. The van der Waals surface area contributed by atoms with Crippen LogP contribution < -0.4 is 0 Å². The summed E-state index contributed by atoms with van der Waals surface area (Å²) in [5.74, 6) is -1.16. The molecule has 1 rings (SSSR count). The lowest BCUT2D eigenvalue weighted by atomic mass is 10.2. The van der Waals surface area contributed by atoms with Gasteiger partial charge in [0.15, 0.2) is 0 Å². The maximum absolute atomic E-state index is 12.5. The number of methoxy groups -OCH3 is 1. The minimum Gasteiger partial charge on any atom is -0.507 e. The molecule has 0 aliphatic carbocycles. The summed E-state index contributed by atoms with van der Waals surface area (Å²) in [4.78, 5) is 11.4. The van der Waals surface area contributed by atoms with Crippen molar-refractivity contribution in [3.8, 4) is 5.75 Å². The first-order chi connectivity index (χ1) is 9.88. The smallest absolute Gasteiger partial charge is 0.341 e. The number of carbonyl (C=O) groups excluding carboxylic acids is 1. The van der Waals surface area contributed by atoms with Gasteiger partial charge in [-0.3, -0.25) is 0 Å². The van der Waals surface area contributed by atoms with E-state index in [1.54, 1.807) is 0 Å². The van der Waals surface area contributed by atoms with Gasteiger partial charge in [0.25, 0.3) is 0 Å². The Morgan fingerprint density at radius 2 is 1.90 bits per heavy atom. The molecule has 0 bridgehead atoms. The first-order valence-corrected chi connectivity index (χ1v) is 7.45. The molecule has 1 N–H and O–H groups in total. The largest absolute Gasteiger partial charge is 0.507 e. The molecular formula is C14H17NO5S. The Hall–Kier alpha value is -2.12. The molecule has 0 aliphatic rings. The molecule has 0 atom stereocenters. The molecule has 0 fully saturated rings. The van der Waals surface area contributed by atoms with E-state index in [0.717, 1.165) is 23.5 Å². The Morgan fingerprint density at radius 1 is 1.33 bits per heavy atom. The molecule has 6 nitrogen and oxygen atoms in total. The molecule has 7 heteroatoms. The SMILES string of the molecule is C=CCN(CC=C)S(=O)(=O)c1ccc(O)c(C(=O)OC)c1. The third kappa shape index (κ3) is 3.71. The van der Waals surface area contributed by atoms with Crippen molar-refractivity contribution in [1.29, 1.82) is 0 Å². The van der Waals surface area contributed by atoms with Crippen LogP contribution >= 0.6 is 0 Å². The van der Waals surface area contributed by atoms with E-state index in [2.05, 4.69) is 17.9 Å². The Kier molecular flexibility index (Phi) is 5.69. The average Bonchev–Trinajstić information content (AvgIpc) is 2.46. The molecule has 114 valence electrons. The highest BCUT2D eigenvalue weighted by Crippen LogP contribution is 2.24. The fourth-order valence-corrected chi connectivity index (χ4v) is 3.07. The monoisotopic (exact) mass is 311 g/mol. The summed E-state index contributed by atoms with van der Waals surface area (Å²) in [5.41, 5.74) is -0.212. The summed E-state index contributed by atoms with van der Waals surface area (Å²) in [6.45, 7) is 7.22. The number of carbonyl (C=O) groups is 1. The summed E-state index contributed by atoms with van der Waals surface area (Å²) < 4.78 is 30.6. The van der Waals surface area contributed by atoms with Gasteiger partial charge in [-0.1, -0.05) is 12.2 Å². The second-order valence-electron chi connectivity index (χ2n) is 4.07. The lowest BCUT2D eigenvalue weighted by Crippen LogP contribution is -2.31. The second kappa shape index (κ2) is 7.05. The number of phenols is 1. The predicted molar refractivity (Wildman–Crippen MR) is 78.6 cm³/mol. The Bertz CT molecular complexity index is 641. The highest BCUT2D eigenvalue weighted by atomic mass is 32.2. The van der Waals surface area contributed by atoms with Gasteiger partial charge < -0.3 is 9.84 Å². The van der Waals surface area contributed by atoms with Crippen LogP contribution in [-0.4, -0.2) is 44.0 Å². The zero-order valence-electron chi connectivity index (χ0n) is 11.7. The molecule has 0 spiro atoms. The van der Waals surface area contributed by atoms with Crippen molar-refractivity contribution in [3.63, 3.8) is 0 Å². The third-order valence-electron chi connectivity index (χ3n) is 2.68. The van der Waals surface area contributed by atoms with Crippen molar-refractivity contribution >= 4 is 16.0 Å². The number of nitrogens with zero attached hydrogens (tertiary/aromatic N) is 1. The minimum absolute atomic E-state index is 0.1000. The highest BCUT2D eigenvalue weighted by Gasteiger charge is 2.24. The summed E-state index contributed by atoms with van der Waals surface area (Å²) in [5, 5.41) is 9.61. The molecule has 21 heavy (non-hydrogen) atoms. The lowest BCUT2D eigenvalue weighted by molar-refractivity contribution is 0.0597. The zero-order chi connectivity index (χ0) is 16.0. The van der Waals surface area contributed by atoms with E-state index in [-0.39, 0.29) is 29.3 Å². The molecule has 0 heterocycles. The first kappa shape index (κ1) is 16.9. The number of esters is 1. The van der Waals surface area contributed by atoms with Gasteiger partial charge >= 0.3 is 5.97 Å². The fourth-order valence-electron chi connectivity index (χ4n) is 1.66. The van der Waals surface area contributed by atoms with E-state index >= 15 is 0 Å². The number of benzene rings is 1. The Labute approximate surface area is 124 Å². The van der Waals surface area contributed by atoms with Crippen molar-refractivity contribution in [2.24, 2.45) is 0 Å². The highest BCUT2D eigenvalue weighted by molar-refractivity contribution is 7.89. The predicted octanol–water partition coefficient (Wildman–Crippen LogP) is 1.54. The van der Waals surface area contributed by atoms with Gasteiger partial charge in [0.05, 0.1) is 12.0 Å². The summed E-state index contributed by atoms with van der Waals surface area (Å²) >= 11 is 0. The first-order valence-electron chi connectivity index (χ1n) is 6.01. The van der Waals surface area contributed by atoms with Gasteiger partial charge in [-0.2, -0.15) is 4.31 Å². The normalized spacial score (nSPS) is 11.1. The molecule has 0 radical (unpaired) electrons. The third-order valence-corrected chi connectivity index (χ3v) is 4.50. The van der Waals surface area contributed by atoms with Gasteiger partial charge in [0.1, 0.15) is 11.3 Å². The maximum atomic E-state index is 12.5. The van der Waals surface area contributed by atoms with Crippen LogP contribution in [0.1, 0.15) is 10.4 Å². The number of ether oxygens (including phenoxy) is 1. The molecule has 1 aromatic rings. The van der Waals surface area contributed by atoms with Crippen LogP contribution in [0.2, 0.25) is 0 Å². The van der Waals surface area contributed by atoms with Crippen LogP contribution in [-0.2, 0) is 14.8 Å². The molecule has 0 unspecified atom stereocenters. The van der Waals surface area contributed by atoms with Crippen LogP contribution in [0, 0.1) is 0 Å². The Morgan fingerprint density at radius 3 is 2.38 bits per heavy atom. The van der Waals surface area contributed by atoms with Crippen molar-refractivity contribution < 1.29 is 23.1 Å². The molecule has 0 saturated carbocycles. The van der Waals surface area contributed by atoms with Crippen LogP contribution in [0.15, 0.2) is 48.4 Å². The second-order valence-corrected chi connectivity index (χ2v) is 6.01. The zero-order valence-corrected chi connectivity index (χ0v) is 12.5. The van der Waals surface area contributed by atoms with Crippen molar-refractivity contribution in [2.45, 2.75) is 4.90 Å². The number of phenolic OH excluding ortho intramolecular Hbond substituents is 1. The van der Waals surface area contributed by atoms with Gasteiger partial charge in [-0.25, -0.2) is 13.2 Å². The van der Waals surface area contributed by atoms with E-state index < -0.39 is 16.0 Å². The van der Waals surface area contributed by atoms with Crippen molar-refractivity contribution in [3.05, 3.63) is 49.1 Å². The summed E-state index contributed by atoms with van der Waals surface area (Å²) in [7, 11) is -2.69. The van der Waals surface area contributed by atoms with E-state index in [1.165, 1.54) is 18.2 Å². The average molecular weight is 311 g/mol. The number of aromatic hydroxyl groups is 1. The molecule has 0 amide bonds. The molecule has 0 aromatic heterocycles. The molecular weight excluding hydrogens is 294 g/mol. The van der Waals surface area contributed by atoms with Gasteiger partial charge in [-0.05, 0) is 18.2 Å². The topological polar surface area (TPSA) is 83.9 Å². The molecule has 1 aromatic carbocycles. The number of hydrogen-bond acceptors (Lipinski definition) is 5. The van der Waals surface area contributed by atoms with Gasteiger partial charge in [0.2, 0.25) is 10.0 Å². The Balaban J connectivity index is 3.33. The summed E-state index contributed by atoms with van der Waals surface area (Å²) in [6, 6.07) is 3.44. The van der Waals surface area contributed by atoms with E-state index in [1.807, 2.05) is 0 Å². The fraction of sp³-hybridized carbons (Fsp3) is 0.214. The van der Waals surface area contributed by atoms with E-state index in [0.29, 0.717) is 0 Å². The quantitative estimate of drug-likeness (QED) is 0.610. The van der Waals surface area contributed by atoms with Crippen LogP contribution in [0.25, 0.3) is 0 Å². The van der Waals surface area contributed by atoms with Gasteiger partial charge in [0, 0.05) is 13.1 Å². The van der Waals surface area contributed by atoms with Crippen molar-refractivity contribution in [2.75, 3.05) is 20.2 Å². The van der Waals surface area contributed by atoms with Crippen LogP contribution in [0.4, 0.5) is 0 Å². The molecule has 0 saturated heterocycles. The van der Waals surface area contributed by atoms with E-state index in [9.17, 15) is 18.3 Å². The van der Waals surface area contributed by atoms with E-state index in [4.69, 9.17) is 0 Å². The number of hydrogen-bond donors (Lipinski definition) is 1. The van der Waals surface area contributed by atoms with Crippen LogP contribution in [0.5, 0.6) is 5.75 Å². The van der Waals surface area contributed by atoms with Gasteiger partial charge in [-0.15, -0.1) is 13.2 Å². The number of sulfonamides is 1. The standard InChI is InChI=1S/C14H17NO5S/c1-4-8-15(9-5-2)21(18,19)11-6-7-13(16)12(10-11)14(17)20-3/h4-7,10,16H,1-2,8-9H2,3H3. The van der Waals surface area contributed by atoms with Crippen LogP contribution in [0.3, 0.4) is 0 Å². The number of rotatable bonds is 7. The lowest BCUT2D eigenvalue weighted by Gasteiger charge is -2.19. The van der Waals surface area contributed by atoms with Crippen molar-refractivity contribution in [1.82, 2.24) is 4.31 Å². The summed E-state index contributed by atoms with van der Waals surface area (Å²) in [6.07, 6.45) is 2.89. The molecule has 0 aliphatic heterocycles.